The molecule has 0 aliphatic heterocycles. The highest BCUT2D eigenvalue weighted by Crippen LogP contribution is 2.25. The van der Waals surface area contributed by atoms with Crippen molar-refractivity contribution in [2.45, 2.75) is 19.9 Å². The monoisotopic (exact) mass is 358 g/mol. The van der Waals surface area contributed by atoms with Crippen LogP contribution in [0, 0.1) is 0 Å². The first-order valence-electron chi connectivity index (χ1n) is 9.48. The van der Waals surface area contributed by atoms with Gasteiger partial charge in [0.15, 0.2) is 5.78 Å². The zero-order chi connectivity index (χ0) is 19.1. The first-order chi connectivity index (χ1) is 13.2. The molecule has 0 fully saturated rings. The molecule has 27 heavy (non-hydrogen) atoms. The van der Waals surface area contributed by atoms with Crippen molar-refractivity contribution in [3.05, 3.63) is 96.1 Å². The van der Waals surface area contributed by atoms with Gasteiger partial charge in [0.25, 0.3) is 0 Å². The van der Waals surface area contributed by atoms with E-state index in [0.717, 1.165) is 24.3 Å². The number of hydrogen-bond acceptors (Lipinski definition) is 3. The molecule has 0 saturated heterocycles. The topological polar surface area (TPSA) is 32.3 Å². The zero-order valence-corrected chi connectivity index (χ0v) is 15.9. The minimum absolute atomic E-state index is 0.0645. The molecule has 1 atom stereocenters. The van der Waals surface area contributed by atoms with Crippen molar-refractivity contribution in [3.63, 3.8) is 0 Å². The lowest BCUT2D eigenvalue weighted by Crippen LogP contribution is -2.22. The van der Waals surface area contributed by atoms with Gasteiger partial charge in [-0.15, -0.1) is 0 Å². The molecule has 0 amide bonds. The van der Waals surface area contributed by atoms with Crippen LogP contribution in [0.15, 0.2) is 84.9 Å². The van der Waals surface area contributed by atoms with Crippen LogP contribution in [0.4, 0.5) is 11.4 Å². The molecule has 1 unspecified atom stereocenters. The van der Waals surface area contributed by atoms with Crippen LogP contribution in [0.3, 0.4) is 0 Å². The second-order valence-corrected chi connectivity index (χ2v) is 6.44. The minimum atomic E-state index is -0.423. The van der Waals surface area contributed by atoms with Gasteiger partial charge < -0.3 is 10.2 Å². The van der Waals surface area contributed by atoms with E-state index in [4.69, 9.17) is 0 Å². The lowest BCUT2D eigenvalue weighted by molar-refractivity contribution is 0.0969. The third-order valence-electron chi connectivity index (χ3n) is 4.76. The number of carbonyl (C=O) groups excluding carboxylic acids is 1. The maximum Gasteiger partial charge on any atom is 0.189 e. The van der Waals surface area contributed by atoms with Crippen LogP contribution >= 0.6 is 0 Å². The van der Waals surface area contributed by atoms with E-state index in [0.29, 0.717) is 5.56 Å². The van der Waals surface area contributed by atoms with Crippen LogP contribution in [-0.2, 0) is 0 Å². The highest BCUT2D eigenvalue weighted by molar-refractivity contribution is 6.02. The molecular weight excluding hydrogens is 332 g/mol. The molecule has 0 radical (unpaired) electrons. The smallest absolute Gasteiger partial charge is 0.189 e. The van der Waals surface area contributed by atoms with Crippen molar-refractivity contribution in [1.29, 1.82) is 0 Å². The van der Waals surface area contributed by atoms with Crippen LogP contribution in [0.25, 0.3) is 0 Å². The molecule has 0 bridgehead atoms. The quantitative estimate of drug-likeness (QED) is 0.534. The van der Waals surface area contributed by atoms with Crippen LogP contribution in [0.2, 0.25) is 0 Å². The maximum atomic E-state index is 13.1. The van der Waals surface area contributed by atoms with Crippen LogP contribution < -0.4 is 10.2 Å². The minimum Gasteiger partial charge on any atom is -0.372 e. The molecule has 3 aromatic rings. The summed E-state index contributed by atoms with van der Waals surface area (Å²) in [6, 6.07) is 27.2. The Morgan fingerprint density at radius 1 is 0.815 bits per heavy atom. The van der Waals surface area contributed by atoms with Crippen molar-refractivity contribution >= 4 is 17.2 Å². The number of rotatable bonds is 8. The Morgan fingerprint density at radius 3 is 1.93 bits per heavy atom. The Balaban J connectivity index is 1.87. The lowest BCUT2D eigenvalue weighted by Gasteiger charge is -2.23. The molecule has 1 N–H and O–H groups in total. The fraction of sp³-hybridized carbons (Fsp3) is 0.208. The predicted molar refractivity (Wildman–Crippen MR) is 114 cm³/mol. The van der Waals surface area contributed by atoms with Gasteiger partial charge >= 0.3 is 0 Å². The fourth-order valence-electron chi connectivity index (χ4n) is 3.24. The predicted octanol–water partition coefficient (Wildman–Crippen LogP) is 5.57. The molecular formula is C24H26N2O. The van der Waals surface area contributed by atoms with Crippen molar-refractivity contribution in [1.82, 2.24) is 0 Å². The van der Waals surface area contributed by atoms with Gasteiger partial charge in [-0.3, -0.25) is 4.79 Å². The van der Waals surface area contributed by atoms with E-state index in [1.165, 1.54) is 5.69 Å². The Labute approximate surface area is 161 Å². The van der Waals surface area contributed by atoms with Crippen LogP contribution in [0.5, 0.6) is 0 Å². The average Bonchev–Trinajstić information content (AvgIpc) is 2.74. The van der Waals surface area contributed by atoms with Crippen LogP contribution in [-0.4, -0.2) is 18.9 Å². The number of nitrogens with zero attached hydrogens (tertiary/aromatic N) is 1. The highest BCUT2D eigenvalue weighted by atomic mass is 16.1. The Kier molecular flexibility index (Phi) is 6.26. The largest absolute Gasteiger partial charge is 0.372 e. The van der Waals surface area contributed by atoms with Crippen molar-refractivity contribution in [3.8, 4) is 0 Å². The first-order valence-corrected chi connectivity index (χ1v) is 9.48. The van der Waals surface area contributed by atoms with E-state index in [1.54, 1.807) is 0 Å². The summed E-state index contributed by atoms with van der Waals surface area (Å²) in [5.41, 5.74) is 3.79. The normalized spacial score (nSPS) is 11.6. The number of carbonyl (C=O) groups is 1. The molecule has 0 aromatic heterocycles. The number of nitrogens with one attached hydrogen (secondary N) is 1. The summed E-state index contributed by atoms with van der Waals surface area (Å²) in [7, 11) is 0. The maximum absolute atomic E-state index is 13.1. The van der Waals surface area contributed by atoms with Gasteiger partial charge in [-0.1, -0.05) is 60.7 Å². The van der Waals surface area contributed by atoms with Gasteiger partial charge in [0.1, 0.15) is 6.04 Å². The van der Waals surface area contributed by atoms with Crippen molar-refractivity contribution in [2.24, 2.45) is 0 Å². The van der Waals surface area contributed by atoms with E-state index >= 15 is 0 Å². The van der Waals surface area contributed by atoms with Crippen molar-refractivity contribution < 1.29 is 4.79 Å². The molecule has 0 aliphatic carbocycles. The van der Waals surface area contributed by atoms with Gasteiger partial charge in [-0.2, -0.15) is 0 Å². The second kappa shape index (κ2) is 9.04. The van der Waals surface area contributed by atoms with Gasteiger partial charge in [0.05, 0.1) is 0 Å². The summed E-state index contributed by atoms with van der Waals surface area (Å²) in [6.07, 6.45) is 0. The van der Waals surface area contributed by atoms with Gasteiger partial charge in [-0.25, -0.2) is 0 Å². The van der Waals surface area contributed by atoms with E-state index in [2.05, 4.69) is 36.2 Å². The average molecular weight is 358 g/mol. The molecule has 0 spiro atoms. The van der Waals surface area contributed by atoms with E-state index in [-0.39, 0.29) is 5.78 Å². The second-order valence-electron chi connectivity index (χ2n) is 6.44. The molecule has 0 aliphatic rings. The summed E-state index contributed by atoms with van der Waals surface area (Å²) < 4.78 is 0. The molecule has 3 nitrogen and oxygen atoms in total. The lowest BCUT2D eigenvalue weighted by atomic mass is 9.97. The van der Waals surface area contributed by atoms with Gasteiger partial charge in [0.2, 0.25) is 0 Å². The van der Waals surface area contributed by atoms with Gasteiger partial charge in [-0.05, 0) is 43.7 Å². The highest BCUT2D eigenvalue weighted by Gasteiger charge is 2.21. The summed E-state index contributed by atoms with van der Waals surface area (Å²) in [5, 5.41) is 3.43. The summed E-state index contributed by atoms with van der Waals surface area (Å²) >= 11 is 0. The fourth-order valence-corrected chi connectivity index (χ4v) is 3.24. The molecule has 3 aromatic carbocycles. The number of anilines is 2. The number of hydrogen-bond donors (Lipinski definition) is 1. The van der Waals surface area contributed by atoms with Crippen LogP contribution in [0.1, 0.15) is 35.8 Å². The summed E-state index contributed by atoms with van der Waals surface area (Å²) in [5.74, 6) is 0.0645. The Hall–Kier alpha value is -3.07. The Bertz CT molecular complexity index is 841. The van der Waals surface area contributed by atoms with E-state index in [9.17, 15) is 4.79 Å². The van der Waals surface area contributed by atoms with Crippen molar-refractivity contribution in [2.75, 3.05) is 23.3 Å². The molecule has 3 heteroatoms. The number of ketones is 1. The van der Waals surface area contributed by atoms with E-state index < -0.39 is 6.04 Å². The zero-order valence-electron chi connectivity index (χ0n) is 15.9. The van der Waals surface area contributed by atoms with E-state index in [1.807, 2.05) is 72.8 Å². The third-order valence-corrected chi connectivity index (χ3v) is 4.76. The molecule has 3 rings (SSSR count). The summed E-state index contributed by atoms with van der Waals surface area (Å²) in [6.45, 7) is 6.25. The summed E-state index contributed by atoms with van der Waals surface area (Å²) in [4.78, 5) is 15.4. The third kappa shape index (κ3) is 4.56. The standard InChI is InChI=1S/C24H26N2O/c1-3-26(4-2)22-17-15-21(16-18-22)25-23(19-11-7-5-8-12-19)24(27)20-13-9-6-10-14-20/h5-18,23,25H,3-4H2,1-2H3. The molecule has 0 heterocycles. The molecule has 138 valence electrons. The number of benzene rings is 3. The SMILES string of the molecule is CCN(CC)c1ccc(NC(C(=O)c2ccccc2)c2ccccc2)cc1. The first kappa shape index (κ1) is 18.7. The molecule has 0 saturated carbocycles. The van der Waals surface area contributed by atoms with Gasteiger partial charge in [0, 0.05) is 30.0 Å². The number of Topliss-reactive ketones (excluding diaryl/α,β-unsaturated/α-hetero) is 1. The Morgan fingerprint density at radius 2 is 1.37 bits per heavy atom.